The van der Waals surface area contributed by atoms with Crippen molar-refractivity contribution in [3.63, 3.8) is 0 Å². The van der Waals surface area contributed by atoms with Gasteiger partial charge in [-0.05, 0) is 55.3 Å². The van der Waals surface area contributed by atoms with Crippen molar-refractivity contribution in [1.82, 2.24) is 0 Å². The lowest BCUT2D eigenvalue weighted by Gasteiger charge is -2.11. The predicted octanol–water partition coefficient (Wildman–Crippen LogP) is 6.41. The molecule has 2 heterocycles. The van der Waals surface area contributed by atoms with Crippen LogP contribution in [0.25, 0.3) is 33.3 Å². The van der Waals surface area contributed by atoms with Crippen molar-refractivity contribution < 1.29 is 18.3 Å². The third-order valence-electron chi connectivity index (χ3n) is 5.61. The second kappa shape index (κ2) is 7.93. The van der Waals surface area contributed by atoms with Crippen LogP contribution in [0.2, 0.25) is 0 Å². The van der Waals surface area contributed by atoms with E-state index in [-0.39, 0.29) is 0 Å². The third kappa shape index (κ3) is 3.62. The van der Waals surface area contributed by atoms with E-state index in [0.717, 1.165) is 16.3 Å². The van der Waals surface area contributed by atoms with E-state index in [1.807, 2.05) is 36.4 Å². The maximum absolute atomic E-state index is 12.2. The summed E-state index contributed by atoms with van der Waals surface area (Å²) in [4.78, 5) is 12.2. The first-order valence-electron chi connectivity index (χ1n) is 10.4. The number of methoxy groups -OCH3 is 1. The summed E-state index contributed by atoms with van der Waals surface area (Å²) in [6, 6.07) is 20.8. The Morgan fingerprint density at radius 3 is 2.62 bits per heavy atom. The third-order valence-corrected chi connectivity index (χ3v) is 5.61. The van der Waals surface area contributed by atoms with Crippen molar-refractivity contribution in [2.75, 3.05) is 7.11 Å². The molecule has 0 N–H and O–H groups in total. The number of furan rings is 1. The van der Waals surface area contributed by atoms with Gasteiger partial charge in [-0.2, -0.15) is 0 Å². The smallest absolute Gasteiger partial charge is 0.336 e. The molecule has 32 heavy (non-hydrogen) atoms. The summed E-state index contributed by atoms with van der Waals surface area (Å²) in [6.07, 6.45) is 0. The fourth-order valence-corrected chi connectivity index (χ4v) is 3.88. The molecule has 0 bridgehead atoms. The standard InChI is InChI=1S/C27H22O5/c1-16-7-8-17(2)19(11-16)15-30-20-9-10-23-21(13-20)22(14-26(28)31-23)25-12-18-5-4-6-24(29-3)27(18)32-25/h4-14H,15H2,1-3H3. The van der Waals surface area contributed by atoms with Gasteiger partial charge in [-0.25, -0.2) is 4.79 Å². The van der Waals surface area contributed by atoms with Crippen LogP contribution in [0.5, 0.6) is 11.5 Å². The van der Waals surface area contributed by atoms with Gasteiger partial charge in [-0.1, -0.05) is 35.9 Å². The average molecular weight is 426 g/mol. The van der Waals surface area contributed by atoms with Gasteiger partial charge < -0.3 is 18.3 Å². The first-order chi connectivity index (χ1) is 15.5. The Hall–Kier alpha value is -3.99. The molecule has 0 aliphatic rings. The minimum Gasteiger partial charge on any atom is -0.493 e. The van der Waals surface area contributed by atoms with Gasteiger partial charge >= 0.3 is 5.63 Å². The highest BCUT2D eigenvalue weighted by molar-refractivity contribution is 5.96. The number of fused-ring (bicyclic) bond motifs is 2. The van der Waals surface area contributed by atoms with E-state index in [9.17, 15) is 4.79 Å². The Labute approximate surface area is 184 Å². The van der Waals surface area contributed by atoms with Gasteiger partial charge in [0.15, 0.2) is 11.3 Å². The van der Waals surface area contributed by atoms with Gasteiger partial charge in [0, 0.05) is 22.4 Å². The zero-order chi connectivity index (χ0) is 22.2. The minimum atomic E-state index is -0.441. The molecule has 5 aromatic rings. The van der Waals surface area contributed by atoms with Crippen molar-refractivity contribution >= 4 is 21.9 Å². The summed E-state index contributed by atoms with van der Waals surface area (Å²) in [5.41, 5.74) is 4.81. The molecule has 5 nitrogen and oxygen atoms in total. The van der Waals surface area contributed by atoms with E-state index >= 15 is 0 Å². The largest absolute Gasteiger partial charge is 0.493 e. The van der Waals surface area contributed by atoms with Crippen LogP contribution in [0.1, 0.15) is 16.7 Å². The molecule has 160 valence electrons. The van der Waals surface area contributed by atoms with Gasteiger partial charge in [0.2, 0.25) is 0 Å². The lowest BCUT2D eigenvalue weighted by atomic mass is 10.1. The zero-order valence-electron chi connectivity index (χ0n) is 18.1. The molecule has 0 atom stereocenters. The number of benzene rings is 3. The number of hydrogen-bond acceptors (Lipinski definition) is 5. The van der Waals surface area contributed by atoms with Crippen LogP contribution in [0.15, 0.2) is 80.4 Å². The molecular weight excluding hydrogens is 404 g/mol. The zero-order valence-corrected chi connectivity index (χ0v) is 18.1. The van der Waals surface area contributed by atoms with Crippen LogP contribution >= 0.6 is 0 Å². The van der Waals surface area contributed by atoms with Crippen molar-refractivity contribution in [2.45, 2.75) is 20.5 Å². The van der Waals surface area contributed by atoms with E-state index in [4.69, 9.17) is 18.3 Å². The quantitative estimate of drug-likeness (QED) is 0.304. The van der Waals surface area contributed by atoms with Crippen LogP contribution in [-0.4, -0.2) is 7.11 Å². The number of hydrogen-bond donors (Lipinski definition) is 0. The molecule has 3 aromatic carbocycles. The molecule has 2 aromatic heterocycles. The number of para-hydroxylation sites is 1. The summed E-state index contributed by atoms with van der Waals surface area (Å²) in [5.74, 6) is 1.88. The molecule has 5 heteroatoms. The highest BCUT2D eigenvalue weighted by atomic mass is 16.5. The van der Waals surface area contributed by atoms with E-state index in [0.29, 0.717) is 40.6 Å². The van der Waals surface area contributed by atoms with Gasteiger partial charge in [0.05, 0.1) is 7.11 Å². The topological polar surface area (TPSA) is 61.8 Å². The van der Waals surface area contributed by atoms with Gasteiger partial charge in [-0.15, -0.1) is 0 Å². The van der Waals surface area contributed by atoms with E-state index in [2.05, 4.69) is 32.0 Å². The van der Waals surface area contributed by atoms with Crippen molar-refractivity contribution in [2.24, 2.45) is 0 Å². The highest BCUT2D eigenvalue weighted by Gasteiger charge is 2.15. The Morgan fingerprint density at radius 2 is 1.78 bits per heavy atom. The lowest BCUT2D eigenvalue weighted by molar-refractivity contribution is 0.305. The molecule has 5 rings (SSSR count). The fourth-order valence-electron chi connectivity index (χ4n) is 3.88. The molecule has 0 spiro atoms. The number of rotatable bonds is 5. The van der Waals surface area contributed by atoms with Crippen LogP contribution in [0.3, 0.4) is 0 Å². The maximum atomic E-state index is 12.2. The minimum absolute atomic E-state index is 0.441. The van der Waals surface area contributed by atoms with Crippen molar-refractivity contribution in [1.29, 1.82) is 0 Å². The Kier molecular flexibility index (Phi) is 4.94. The van der Waals surface area contributed by atoms with Gasteiger partial charge in [0.1, 0.15) is 23.7 Å². The molecule has 0 aliphatic carbocycles. The normalized spacial score (nSPS) is 11.2. The molecule has 0 fully saturated rings. The lowest BCUT2D eigenvalue weighted by Crippen LogP contribution is -2.00. The summed E-state index contributed by atoms with van der Waals surface area (Å²) in [6.45, 7) is 4.59. The van der Waals surface area contributed by atoms with E-state index < -0.39 is 5.63 Å². The first-order valence-corrected chi connectivity index (χ1v) is 10.4. The molecule has 0 saturated heterocycles. The average Bonchev–Trinajstić information content (AvgIpc) is 3.23. The Morgan fingerprint density at radius 1 is 0.906 bits per heavy atom. The maximum Gasteiger partial charge on any atom is 0.336 e. The number of aryl methyl sites for hydroxylation is 2. The molecule has 0 radical (unpaired) electrons. The molecule has 0 amide bonds. The monoisotopic (exact) mass is 426 g/mol. The molecule has 0 aliphatic heterocycles. The summed E-state index contributed by atoms with van der Waals surface area (Å²) < 4.78 is 23.0. The second-order valence-electron chi connectivity index (χ2n) is 7.84. The van der Waals surface area contributed by atoms with Crippen molar-refractivity contribution in [3.05, 3.63) is 93.8 Å². The molecule has 0 saturated carbocycles. The molecule has 0 unspecified atom stereocenters. The van der Waals surface area contributed by atoms with Crippen LogP contribution in [-0.2, 0) is 6.61 Å². The fraction of sp³-hybridized carbons (Fsp3) is 0.148. The van der Waals surface area contributed by atoms with E-state index in [1.54, 1.807) is 13.2 Å². The van der Waals surface area contributed by atoms with Crippen molar-refractivity contribution in [3.8, 4) is 22.8 Å². The summed E-state index contributed by atoms with van der Waals surface area (Å²) in [7, 11) is 1.60. The SMILES string of the molecule is COc1cccc2cc(-c3cc(=O)oc4ccc(OCc5cc(C)ccc5C)cc34)oc12. The van der Waals surface area contributed by atoms with Gasteiger partial charge in [0.25, 0.3) is 0 Å². The summed E-state index contributed by atoms with van der Waals surface area (Å²) >= 11 is 0. The van der Waals surface area contributed by atoms with Crippen LogP contribution in [0.4, 0.5) is 0 Å². The first kappa shape index (κ1) is 19.9. The predicted molar refractivity (Wildman–Crippen MR) is 124 cm³/mol. The summed E-state index contributed by atoms with van der Waals surface area (Å²) in [5, 5.41) is 1.63. The van der Waals surface area contributed by atoms with Gasteiger partial charge in [-0.3, -0.25) is 0 Å². The second-order valence-corrected chi connectivity index (χ2v) is 7.84. The van der Waals surface area contributed by atoms with Crippen LogP contribution in [0, 0.1) is 13.8 Å². The van der Waals surface area contributed by atoms with E-state index in [1.165, 1.54) is 17.2 Å². The Bertz CT molecular complexity index is 1510. The molecular formula is C27H22O5. The highest BCUT2D eigenvalue weighted by Crippen LogP contribution is 2.36. The number of ether oxygens (including phenoxy) is 2. The van der Waals surface area contributed by atoms with Crippen LogP contribution < -0.4 is 15.1 Å². The Balaban J connectivity index is 1.57.